The Morgan fingerprint density at radius 1 is 1.75 bits per heavy atom. The molecule has 6 heteroatoms. The predicted molar refractivity (Wildman–Crippen MR) is 50.1 cm³/mol. The van der Waals surface area contributed by atoms with Crippen LogP contribution in [0.4, 0.5) is 0 Å². The Morgan fingerprint density at radius 3 is 3.00 bits per heavy atom. The molecule has 0 aliphatic carbocycles. The lowest BCUT2D eigenvalue weighted by Crippen LogP contribution is -2.30. The SMILES string of the molecule is CC12CS(=O)(=O)CC1SC(N)=N2. The van der Waals surface area contributed by atoms with E-state index in [4.69, 9.17) is 5.73 Å². The van der Waals surface area contributed by atoms with Gasteiger partial charge in [-0.25, -0.2) is 8.42 Å². The predicted octanol–water partition coefficient (Wildman–Crippen LogP) is -0.396. The number of nitrogens with two attached hydrogens (primary N) is 1. The van der Waals surface area contributed by atoms with Crippen LogP contribution in [0, 0.1) is 0 Å². The van der Waals surface area contributed by atoms with Gasteiger partial charge in [-0.3, -0.25) is 4.99 Å². The van der Waals surface area contributed by atoms with Crippen LogP contribution in [0.5, 0.6) is 0 Å². The lowest BCUT2D eigenvalue weighted by atomic mass is 10.0. The van der Waals surface area contributed by atoms with Crippen molar-refractivity contribution < 1.29 is 8.42 Å². The highest BCUT2D eigenvalue weighted by Crippen LogP contribution is 2.40. The maximum Gasteiger partial charge on any atom is 0.154 e. The first kappa shape index (κ1) is 8.37. The van der Waals surface area contributed by atoms with Crippen LogP contribution in [0.2, 0.25) is 0 Å². The summed E-state index contributed by atoms with van der Waals surface area (Å²) in [5.74, 6) is 0.372. The second-order valence-electron chi connectivity index (χ2n) is 3.47. The number of amidine groups is 1. The summed E-state index contributed by atoms with van der Waals surface area (Å²) in [6, 6.07) is 0. The first-order valence-electron chi connectivity index (χ1n) is 3.64. The lowest BCUT2D eigenvalue weighted by molar-refractivity contribution is 0.554. The van der Waals surface area contributed by atoms with Crippen LogP contribution in [-0.4, -0.2) is 35.9 Å². The monoisotopic (exact) mass is 206 g/mol. The smallest absolute Gasteiger partial charge is 0.154 e. The topological polar surface area (TPSA) is 72.5 Å². The number of thioether (sulfide) groups is 1. The van der Waals surface area contributed by atoms with Gasteiger partial charge in [0.15, 0.2) is 15.0 Å². The third-order valence-electron chi connectivity index (χ3n) is 2.24. The number of hydrogen-bond acceptors (Lipinski definition) is 5. The first-order valence-corrected chi connectivity index (χ1v) is 6.34. The molecule has 1 saturated heterocycles. The fourth-order valence-corrected chi connectivity index (χ4v) is 5.73. The quantitative estimate of drug-likeness (QED) is 0.585. The molecule has 0 radical (unpaired) electrons. The number of fused-ring (bicyclic) bond motifs is 1. The molecule has 68 valence electrons. The zero-order valence-corrected chi connectivity index (χ0v) is 8.28. The third kappa shape index (κ3) is 1.13. The molecule has 1 fully saturated rings. The molecule has 2 rings (SSSR count). The van der Waals surface area contributed by atoms with Crippen LogP contribution >= 0.6 is 11.8 Å². The van der Waals surface area contributed by atoms with Crippen molar-refractivity contribution in [2.45, 2.75) is 17.7 Å². The van der Waals surface area contributed by atoms with Crippen molar-refractivity contribution in [3.8, 4) is 0 Å². The standard InChI is InChI=1S/C6H10N2O2S2/c1-6-3-12(9,10)2-4(6)11-5(7)8-6/h4H,2-3H2,1H3,(H2,7,8). The number of nitrogens with zero attached hydrogens (tertiary/aromatic N) is 1. The average Bonchev–Trinajstić information content (AvgIpc) is 2.11. The van der Waals surface area contributed by atoms with Crippen molar-refractivity contribution in [2.24, 2.45) is 10.7 Å². The van der Waals surface area contributed by atoms with Gasteiger partial charge in [0.25, 0.3) is 0 Å². The Kier molecular flexibility index (Phi) is 1.51. The van der Waals surface area contributed by atoms with Crippen LogP contribution in [-0.2, 0) is 9.84 Å². The van der Waals surface area contributed by atoms with E-state index in [-0.39, 0.29) is 16.8 Å². The molecule has 0 saturated carbocycles. The molecule has 2 heterocycles. The minimum absolute atomic E-state index is 0.0440. The Hall–Kier alpha value is -0.230. The summed E-state index contributed by atoms with van der Waals surface area (Å²) in [5, 5.41) is 0.569. The van der Waals surface area contributed by atoms with E-state index in [1.165, 1.54) is 11.8 Å². The molecule has 0 amide bonds. The third-order valence-corrected chi connectivity index (χ3v) is 5.61. The van der Waals surface area contributed by atoms with E-state index >= 15 is 0 Å². The number of rotatable bonds is 0. The van der Waals surface area contributed by atoms with Gasteiger partial charge in [0, 0.05) is 0 Å². The van der Waals surface area contributed by atoms with Gasteiger partial charge < -0.3 is 5.73 Å². The molecule has 2 unspecified atom stereocenters. The molecule has 0 bridgehead atoms. The van der Waals surface area contributed by atoms with E-state index in [1.54, 1.807) is 0 Å². The lowest BCUT2D eigenvalue weighted by Gasteiger charge is -2.15. The van der Waals surface area contributed by atoms with Crippen molar-refractivity contribution >= 4 is 26.8 Å². The van der Waals surface area contributed by atoms with Gasteiger partial charge in [0.05, 0.1) is 22.3 Å². The molecule has 2 aliphatic rings. The molecule has 0 aromatic rings. The summed E-state index contributed by atoms with van der Waals surface area (Å²) < 4.78 is 22.5. The molecule has 0 spiro atoms. The molecule has 4 nitrogen and oxygen atoms in total. The maximum atomic E-state index is 11.2. The fourth-order valence-electron chi connectivity index (χ4n) is 1.70. The van der Waals surface area contributed by atoms with Crippen LogP contribution in [0.3, 0.4) is 0 Å². The highest BCUT2D eigenvalue weighted by atomic mass is 32.2. The van der Waals surface area contributed by atoms with Crippen molar-refractivity contribution in [2.75, 3.05) is 11.5 Å². The van der Waals surface area contributed by atoms with Crippen molar-refractivity contribution in [3.63, 3.8) is 0 Å². The number of hydrogen-bond donors (Lipinski definition) is 1. The Bertz CT molecular complexity index is 349. The van der Waals surface area contributed by atoms with Crippen molar-refractivity contribution in [3.05, 3.63) is 0 Å². The van der Waals surface area contributed by atoms with Crippen molar-refractivity contribution in [1.82, 2.24) is 0 Å². The zero-order chi connectivity index (χ0) is 8.98. The Balaban J connectivity index is 2.39. The minimum atomic E-state index is -2.87. The van der Waals surface area contributed by atoms with Gasteiger partial charge in [0.2, 0.25) is 0 Å². The van der Waals surface area contributed by atoms with Gasteiger partial charge in [0.1, 0.15) is 0 Å². The van der Waals surface area contributed by atoms with Crippen LogP contribution in [0.25, 0.3) is 0 Å². The van der Waals surface area contributed by atoms with E-state index in [0.29, 0.717) is 5.17 Å². The van der Waals surface area contributed by atoms with Gasteiger partial charge in [-0.05, 0) is 6.92 Å². The molecular weight excluding hydrogens is 196 g/mol. The summed E-state index contributed by atoms with van der Waals surface area (Å²) >= 11 is 1.39. The van der Waals surface area contributed by atoms with Gasteiger partial charge in [-0.1, -0.05) is 11.8 Å². The normalized spacial score (nSPS) is 44.1. The van der Waals surface area contributed by atoms with Crippen LogP contribution in [0.1, 0.15) is 6.92 Å². The van der Waals surface area contributed by atoms with E-state index < -0.39 is 15.4 Å². The Labute approximate surface area is 75.5 Å². The van der Waals surface area contributed by atoms with Gasteiger partial charge in [-0.15, -0.1) is 0 Å². The first-order chi connectivity index (χ1) is 5.41. The van der Waals surface area contributed by atoms with E-state index in [2.05, 4.69) is 4.99 Å². The molecule has 2 N–H and O–H groups in total. The van der Waals surface area contributed by atoms with Gasteiger partial charge in [-0.2, -0.15) is 0 Å². The summed E-state index contributed by atoms with van der Waals surface area (Å²) in [6.07, 6.45) is 0. The second kappa shape index (κ2) is 2.17. The van der Waals surface area contributed by atoms with Crippen LogP contribution < -0.4 is 5.73 Å². The van der Waals surface area contributed by atoms with E-state index in [9.17, 15) is 8.42 Å². The van der Waals surface area contributed by atoms with E-state index in [1.807, 2.05) is 6.92 Å². The number of aliphatic imine (C=N–C) groups is 1. The summed E-state index contributed by atoms with van der Waals surface area (Å²) in [4.78, 5) is 4.16. The van der Waals surface area contributed by atoms with Crippen LogP contribution in [0.15, 0.2) is 4.99 Å². The molecule has 12 heavy (non-hydrogen) atoms. The summed E-state index contributed by atoms with van der Waals surface area (Å²) in [5.41, 5.74) is 5.07. The molecule has 0 aromatic carbocycles. The minimum Gasteiger partial charge on any atom is -0.379 e. The summed E-state index contributed by atoms with van der Waals surface area (Å²) in [6.45, 7) is 1.86. The molecule has 2 atom stereocenters. The maximum absolute atomic E-state index is 11.2. The van der Waals surface area contributed by atoms with E-state index in [0.717, 1.165) is 0 Å². The molecular formula is C6H10N2O2S2. The molecule has 2 aliphatic heterocycles. The fraction of sp³-hybridized carbons (Fsp3) is 0.833. The number of sulfone groups is 1. The Morgan fingerprint density at radius 2 is 2.42 bits per heavy atom. The molecule has 0 aromatic heterocycles. The highest BCUT2D eigenvalue weighted by Gasteiger charge is 2.51. The second-order valence-corrected chi connectivity index (χ2v) is 6.80. The highest BCUT2D eigenvalue weighted by molar-refractivity contribution is 8.15. The van der Waals surface area contributed by atoms with Gasteiger partial charge >= 0.3 is 0 Å². The van der Waals surface area contributed by atoms with Crippen molar-refractivity contribution in [1.29, 1.82) is 0 Å². The average molecular weight is 206 g/mol. The largest absolute Gasteiger partial charge is 0.379 e. The zero-order valence-electron chi connectivity index (χ0n) is 6.65. The summed E-state index contributed by atoms with van der Waals surface area (Å²) in [7, 11) is -2.87.